The molecule has 0 aromatic heterocycles. The monoisotopic (exact) mass is 591 g/mol. The Labute approximate surface area is 239 Å². The van der Waals surface area contributed by atoms with E-state index in [1.807, 2.05) is 30.3 Å². The molecule has 1 amide bonds. The number of hydrogen-bond acceptors (Lipinski definition) is 4. The van der Waals surface area contributed by atoms with Crippen molar-refractivity contribution in [3.05, 3.63) is 105 Å². The Bertz CT molecular complexity index is 1380. The van der Waals surface area contributed by atoms with Crippen LogP contribution in [0.2, 0.25) is 15.1 Å². The standard InChI is InChI=1S/C28H28Cl3N3O3S/c29-24-10-12-26(13-11-24)38(36,37)34(20-23-8-9-25(30)19-27(23)31)21-28(35)33-17-15-32(16-18-33)14-4-7-22-5-2-1-3-6-22/h1-13,19H,14-18,20-21H2/b7-4+. The van der Waals surface area contributed by atoms with E-state index >= 15 is 0 Å². The average molecular weight is 593 g/mol. The third kappa shape index (κ3) is 7.59. The van der Waals surface area contributed by atoms with Crippen LogP contribution in [0.4, 0.5) is 0 Å². The Morgan fingerprint density at radius 2 is 1.53 bits per heavy atom. The van der Waals surface area contributed by atoms with Crippen LogP contribution in [0.5, 0.6) is 0 Å². The van der Waals surface area contributed by atoms with E-state index in [0.717, 1.165) is 16.4 Å². The van der Waals surface area contributed by atoms with Gasteiger partial charge in [0, 0.05) is 54.3 Å². The lowest BCUT2D eigenvalue weighted by molar-refractivity contribution is -0.133. The van der Waals surface area contributed by atoms with Gasteiger partial charge < -0.3 is 4.90 Å². The number of hydrogen-bond donors (Lipinski definition) is 0. The van der Waals surface area contributed by atoms with Gasteiger partial charge in [0.2, 0.25) is 15.9 Å². The fourth-order valence-corrected chi connectivity index (χ4v) is 6.12. The fraction of sp³-hybridized carbons (Fsp3) is 0.250. The number of rotatable bonds is 9. The summed E-state index contributed by atoms with van der Waals surface area (Å²) >= 11 is 18.3. The van der Waals surface area contributed by atoms with Crippen LogP contribution in [0.3, 0.4) is 0 Å². The summed E-state index contributed by atoms with van der Waals surface area (Å²) in [7, 11) is -4.01. The topological polar surface area (TPSA) is 60.9 Å². The summed E-state index contributed by atoms with van der Waals surface area (Å²) in [4.78, 5) is 17.3. The molecule has 10 heteroatoms. The van der Waals surface area contributed by atoms with Crippen molar-refractivity contribution < 1.29 is 13.2 Å². The minimum atomic E-state index is -4.01. The molecule has 38 heavy (non-hydrogen) atoms. The highest BCUT2D eigenvalue weighted by molar-refractivity contribution is 7.89. The summed E-state index contributed by atoms with van der Waals surface area (Å²) in [5.74, 6) is -0.257. The Hall–Kier alpha value is -2.39. The van der Waals surface area contributed by atoms with Gasteiger partial charge in [-0.25, -0.2) is 8.42 Å². The van der Waals surface area contributed by atoms with Crippen LogP contribution in [0.15, 0.2) is 83.8 Å². The SMILES string of the molecule is O=C(CN(Cc1ccc(Cl)cc1Cl)S(=O)(=O)c1ccc(Cl)cc1)N1CCN(C/C=C/c2ccccc2)CC1. The minimum absolute atomic E-state index is 0.0507. The molecule has 0 bridgehead atoms. The molecule has 1 saturated heterocycles. The van der Waals surface area contributed by atoms with Crippen molar-refractivity contribution in [2.45, 2.75) is 11.4 Å². The first-order chi connectivity index (χ1) is 18.2. The molecule has 0 unspecified atom stereocenters. The van der Waals surface area contributed by atoms with Crippen molar-refractivity contribution in [2.75, 3.05) is 39.3 Å². The van der Waals surface area contributed by atoms with E-state index in [1.165, 1.54) is 24.3 Å². The quantitative estimate of drug-likeness (QED) is 0.320. The smallest absolute Gasteiger partial charge is 0.243 e. The largest absolute Gasteiger partial charge is 0.339 e. The van der Waals surface area contributed by atoms with Gasteiger partial charge in [0.15, 0.2) is 0 Å². The lowest BCUT2D eigenvalue weighted by atomic mass is 10.2. The fourth-order valence-electron chi connectivity index (χ4n) is 4.15. The number of benzene rings is 3. The molecule has 1 fully saturated rings. The highest BCUT2D eigenvalue weighted by atomic mass is 35.5. The second-order valence-electron chi connectivity index (χ2n) is 8.96. The summed E-state index contributed by atoms with van der Waals surface area (Å²) in [6, 6.07) is 20.8. The van der Waals surface area contributed by atoms with Gasteiger partial charge in [0.1, 0.15) is 0 Å². The minimum Gasteiger partial charge on any atom is -0.339 e. The molecule has 1 aliphatic rings. The molecule has 1 aliphatic heterocycles. The second-order valence-corrected chi connectivity index (χ2v) is 12.2. The molecule has 0 saturated carbocycles. The highest BCUT2D eigenvalue weighted by Crippen LogP contribution is 2.26. The van der Waals surface area contributed by atoms with Gasteiger partial charge in [0.05, 0.1) is 11.4 Å². The molecule has 3 aromatic rings. The maximum absolute atomic E-state index is 13.6. The molecule has 6 nitrogen and oxygen atoms in total. The number of nitrogens with zero attached hydrogens (tertiary/aromatic N) is 3. The van der Waals surface area contributed by atoms with Crippen molar-refractivity contribution in [3.8, 4) is 0 Å². The van der Waals surface area contributed by atoms with Crippen LogP contribution >= 0.6 is 34.8 Å². The first-order valence-corrected chi connectivity index (χ1v) is 14.7. The number of piperazine rings is 1. The Balaban J connectivity index is 1.43. The molecule has 0 spiro atoms. The zero-order chi connectivity index (χ0) is 27.1. The van der Waals surface area contributed by atoms with Crippen LogP contribution in [-0.2, 0) is 21.4 Å². The Morgan fingerprint density at radius 3 is 2.18 bits per heavy atom. The summed E-state index contributed by atoms with van der Waals surface area (Å²) < 4.78 is 28.3. The average Bonchev–Trinajstić information content (AvgIpc) is 2.91. The van der Waals surface area contributed by atoms with E-state index in [-0.39, 0.29) is 23.9 Å². The van der Waals surface area contributed by atoms with Crippen LogP contribution in [0.25, 0.3) is 6.08 Å². The number of carbonyl (C=O) groups is 1. The Morgan fingerprint density at radius 1 is 0.868 bits per heavy atom. The number of halogens is 3. The molecule has 0 radical (unpaired) electrons. The summed E-state index contributed by atoms with van der Waals surface area (Å²) in [5.41, 5.74) is 1.69. The number of amides is 1. The summed E-state index contributed by atoms with van der Waals surface area (Å²) in [6.45, 7) is 2.86. The molecule has 0 aliphatic carbocycles. The van der Waals surface area contributed by atoms with Crippen LogP contribution < -0.4 is 0 Å². The first-order valence-electron chi connectivity index (χ1n) is 12.1. The maximum atomic E-state index is 13.6. The molecule has 200 valence electrons. The van der Waals surface area contributed by atoms with Crippen molar-refractivity contribution in [2.24, 2.45) is 0 Å². The van der Waals surface area contributed by atoms with E-state index in [0.29, 0.717) is 46.8 Å². The molecule has 4 rings (SSSR count). The predicted octanol–water partition coefficient (Wildman–Crippen LogP) is 5.70. The zero-order valence-electron chi connectivity index (χ0n) is 20.6. The normalized spacial score (nSPS) is 14.9. The molecule has 0 N–H and O–H groups in total. The van der Waals surface area contributed by atoms with E-state index in [1.54, 1.807) is 23.1 Å². The molecule has 0 atom stereocenters. The van der Waals surface area contributed by atoms with Gasteiger partial charge in [-0.3, -0.25) is 9.69 Å². The maximum Gasteiger partial charge on any atom is 0.243 e. The van der Waals surface area contributed by atoms with Gasteiger partial charge in [0.25, 0.3) is 0 Å². The van der Waals surface area contributed by atoms with E-state index in [4.69, 9.17) is 34.8 Å². The molecule has 3 aromatic carbocycles. The van der Waals surface area contributed by atoms with Crippen LogP contribution in [-0.4, -0.2) is 67.7 Å². The van der Waals surface area contributed by atoms with E-state index in [9.17, 15) is 13.2 Å². The predicted molar refractivity (Wildman–Crippen MR) is 154 cm³/mol. The lowest BCUT2D eigenvalue weighted by Crippen LogP contribution is -2.51. The summed E-state index contributed by atoms with van der Waals surface area (Å²) in [6.07, 6.45) is 4.20. The van der Waals surface area contributed by atoms with Crippen LogP contribution in [0.1, 0.15) is 11.1 Å². The first kappa shape index (κ1) is 28.6. The number of sulfonamides is 1. The van der Waals surface area contributed by atoms with Gasteiger partial charge in [-0.1, -0.05) is 83.4 Å². The zero-order valence-corrected chi connectivity index (χ0v) is 23.7. The van der Waals surface area contributed by atoms with Crippen molar-refractivity contribution in [3.63, 3.8) is 0 Å². The Kier molecular flexibility index (Phi) is 9.87. The molecular weight excluding hydrogens is 565 g/mol. The van der Waals surface area contributed by atoms with Gasteiger partial charge >= 0.3 is 0 Å². The van der Waals surface area contributed by atoms with E-state index in [2.05, 4.69) is 17.1 Å². The van der Waals surface area contributed by atoms with Gasteiger partial charge in [-0.05, 0) is 47.5 Å². The highest BCUT2D eigenvalue weighted by Gasteiger charge is 2.30. The molecular formula is C28H28Cl3N3O3S. The third-order valence-corrected chi connectivity index (χ3v) is 8.97. The van der Waals surface area contributed by atoms with Crippen molar-refractivity contribution >= 4 is 56.8 Å². The van der Waals surface area contributed by atoms with Crippen molar-refractivity contribution in [1.82, 2.24) is 14.1 Å². The van der Waals surface area contributed by atoms with Gasteiger partial charge in [-0.2, -0.15) is 4.31 Å². The van der Waals surface area contributed by atoms with Crippen molar-refractivity contribution in [1.29, 1.82) is 0 Å². The van der Waals surface area contributed by atoms with Gasteiger partial charge in [-0.15, -0.1) is 0 Å². The molecule has 1 heterocycles. The second kappa shape index (κ2) is 13.1. The van der Waals surface area contributed by atoms with E-state index < -0.39 is 10.0 Å². The lowest BCUT2D eigenvalue weighted by Gasteiger charge is -2.35. The third-order valence-electron chi connectivity index (χ3n) is 6.32. The number of carbonyl (C=O) groups excluding carboxylic acids is 1. The summed E-state index contributed by atoms with van der Waals surface area (Å²) in [5, 5.41) is 1.20. The van der Waals surface area contributed by atoms with Crippen LogP contribution in [0, 0.1) is 0 Å².